The second kappa shape index (κ2) is 8.17. The van der Waals surface area contributed by atoms with Crippen LogP contribution in [0.3, 0.4) is 0 Å². The predicted molar refractivity (Wildman–Crippen MR) is 107 cm³/mol. The highest BCUT2D eigenvalue weighted by molar-refractivity contribution is 8.13. The molecule has 3 aliphatic rings. The van der Waals surface area contributed by atoms with Crippen molar-refractivity contribution < 1.29 is 13.9 Å². The van der Waals surface area contributed by atoms with Gasteiger partial charge in [-0.3, -0.25) is 4.99 Å². The number of rotatable bonds is 5. The molecule has 6 heteroatoms. The molecular formula is C21H25FN2O2S. The van der Waals surface area contributed by atoms with E-state index in [0.717, 1.165) is 16.9 Å². The van der Waals surface area contributed by atoms with Crippen molar-refractivity contribution in [3.05, 3.63) is 59.7 Å². The minimum Gasteiger partial charge on any atom is -0.379 e. The number of hydrogen-bond donors (Lipinski definition) is 1. The van der Waals surface area contributed by atoms with Crippen molar-refractivity contribution in [1.29, 1.82) is 0 Å². The molecule has 0 radical (unpaired) electrons. The Balaban J connectivity index is 1.53. The SMILES string of the molecule is NC1=N[C@@]2(C3=CC=CCC3F)CCO[C@H](COCc3ccccc3)[C@H]2CS1. The number of aliphatic imine (C=N–C) groups is 1. The van der Waals surface area contributed by atoms with Crippen LogP contribution in [0.25, 0.3) is 0 Å². The molecule has 144 valence electrons. The highest BCUT2D eigenvalue weighted by atomic mass is 32.2. The van der Waals surface area contributed by atoms with E-state index in [1.165, 1.54) is 11.8 Å². The molecule has 4 nitrogen and oxygen atoms in total. The molecular weight excluding hydrogens is 363 g/mol. The number of halogens is 1. The Labute approximate surface area is 163 Å². The van der Waals surface area contributed by atoms with Crippen LogP contribution in [0, 0.1) is 5.92 Å². The van der Waals surface area contributed by atoms with Gasteiger partial charge in [0.2, 0.25) is 0 Å². The van der Waals surface area contributed by atoms with Crippen LogP contribution in [0.4, 0.5) is 4.39 Å². The minimum absolute atomic E-state index is 0.0512. The van der Waals surface area contributed by atoms with Gasteiger partial charge in [-0.25, -0.2) is 4.39 Å². The van der Waals surface area contributed by atoms with E-state index < -0.39 is 11.7 Å². The molecule has 2 heterocycles. The fourth-order valence-electron chi connectivity index (χ4n) is 4.23. The smallest absolute Gasteiger partial charge is 0.154 e. The molecule has 1 fully saturated rings. The third-order valence-corrected chi connectivity index (χ3v) is 6.50. The van der Waals surface area contributed by atoms with Gasteiger partial charge in [-0.05, 0) is 11.1 Å². The molecule has 1 aliphatic carbocycles. The fraction of sp³-hybridized carbons (Fsp3) is 0.476. The number of nitrogens with zero attached hydrogens (tertiary/aromatic N) is 1. The maximum Gasteiger partial charge on any atom is 0.154 e. The number of alkyl halides is 1. The number of ether oxygens (including phenoxy) is 2. The topological polar surface area (TPSA) is 56.8 Å². The zero-order valence-corrected chi connectivity index (χ0v) is 16.0. The third-order valence-electron chi connectivity index (χ3n) is 5.58. The summed E-state index contributed by atoms with van der Waals surface area (Å²) in [5.41, 5.74) is 7.33. The van der Waals surface area contributed by atoms with Crippen molar-refractivity contribution in [1.82, 2.24) is 0 Å². The van der Waals surface area contributed by atoms with Crippen molar-refractivity contribution in [2.24, 2.45) is 16.6 Å². The number of allylic oxidation sites excluding steroid dienone is 3. The van der Waals surface area contributed by atoms with Crippen LogP contribution in [0.2, 0.25) is 0 Å². The number of amidine groups is 1. The van der Waals surface area contributed by atoms with Gasteiger partial charge in [0.1, 0.15) is 6.17 Å². The van der Waals surface area contributed by atoms with Crippen molar-refractivity contribution in [3.63, 3.8) is 0 Å². The summed E-state index contributed by atoms with van der Waals surface area (Å²) in [6, 6.07) is 10.1. The Hall–Kier alpha value is -1.63. The Morgan fingerprint density at radius 1 is 1.33 bits per heavy atom. The Morgan fingerprint density at radius 2 is 2.19 bits per heavy atom. The number of thioether (sulfide) groups is 1. The molecule has 0 bridgehead atoms. The van der Waals surface area contributed by atoms with Gasteiger partial charge in [0, 0.05) is 31.1 Å². The van der Waals surface area contributed by atoms with Crippen LogP contribution in [0.15, 0.2) is 59.1 Å². The average molecular weight is 389 g/mol. The van der Waals surface area contributed by atoms with E-state index in [0.29, 0.717) is 37.8 Å². The van der Waals surface area contributed by atoms with Crippen LogP contribution in [0.1, 0.15) is 18.4 Å². The van der Waals surface area contributed by atoms with Gasteiger partial charge in [-0.2, -0.15) is 0 Å². The molecule has 2 N–H and O–H groups in total. The maximum absolute atomic E-state index is 14.8. The van der Waals surface area contributed by atoms with Crippen molar-refractivity contribution in [2.75, 3.05) is 19.0 Å². The molecule has 0 amide bonds. The van der Waals surface area contributed by atoms with E-state index in [9.17, 15) is 4.39 Å². The summed E-state index contributed by atoms with van der Waals surface area (Å²) in [5, 5.41) is 0.541. The molecule has 1 unspecified atom stereocenters. The first kappa shape index (κ1) is 18.7. The van der Waals surface area contributed by atoms with Crippen LogP contribution in [-0.2, 0) is 16.1 Å². The first-order chi connectivity index (χ1) is 13.2. The van der Waals surface area contributed by atoms with Gasteiger partial charge in [0.15, 0.2) is 5.17 Å². The van der Waals surface area contributed by atoms with Crippen molar-refractivity contribution in [3.8, 4) is 0 Å². The predicted octanol–water partition coefficient (Wildman–Crippen LogP) is 3.63. The Kier molecular flexibility index (Phi) is 5.66. The second-order valence-corrected chi connectivity index (χ2v) is 8.25. The number of benzene rings is 1. The van der Waals surface area contributed by atoms with E-state index in [2.05, 4.69) is 0 Å². The van der Waals surface area contributed by atoms with E-state index in [1.807, 2.05) is 48.6 Å². The van der Waals surface area contributed by atoms with Gasteiger partial charge in [-0.1, -0.05) is 60.3 Å². The van der Waals surface area contributed by atoms with Crippen molar-refractivity contribution in [2.45, 2.75) is 37.3 Å². The summed E-state index contributed by atoms with van der Waals surface area (Å²) < 4.78 is 26.8. The van der Waals surface area contributed by atoms with E-state index >= 15 is 0 Å². The zero-order valence-electron chi connectivity index (χ0n) is 15.2. The summed E-state index contributed by atoms with van der Waals surface area (Å²) >= 11 is 1.53. The molecule has 1 aromatic carbocycles. The molecule has 0 aromatic heterocycles. The fourth-order valence-corrected chi connectivity index (χ4v) is 5.30. The van der Waals surface area contributed by atoms with E-state index in [1.54, 1.807) is 0 Å². The van der Waals surface area contributed by atoms with Gasteiger partial charge in [0.25, 0.3) is 0 Å². The summed E-state index contributed by atoms with van der Waals surface area (Å²) in [4.78, 5) is 4.81. The minimum atomic E-state index is -1.01. The Morgan fingerprint density at radius 3 is 3.00 bits per heavy atom. The van der Waals surface area contributed by atoms with Gasteiger partial charge in [0.05, 0.1) is 24.9 Å². The van der Waals surface area contributed by atoms with Gasteiger partial charge >= 0.3 is 0 Å². The monoisotopic (exact) mass is 388 g/mol. The van der Waals surface area contributed by atoms with Crippen LogP contribution < -0.4 is 5.73 Å². The average Bonchev–Trinajstić information content (AvgIpc) is 2.69. The van der Waals surface area contributed by atoms with E-state index in [-0.39, 0.29) is 12.0 Å². The standard InChI is InChI=1S/C21H25FN2O2S/c22-18-9-5-4-8-16(18)21-10-11-26-19(17(21)14-27-20(23)24-21)13-25-12-15-6-2-1-3-7-15/h1-8,17-19H,9-14H2,(H2,23,24)/t17-,18?,19-,21-/m1/s1. The number of nitrogens with two attached hydrogens (primary N) is 1. The van der Waals surface area contributed by atoms with Crippen LogP contribution in [0.5, 0.6) is 0 Å². The largest absolute Gasteiger partial charge is 0.379 e. The van der Waals surface area contributed by atoms with Gasteiger partial charge in [-0.15, -0.1) is 0 Å². The summed E-state index contributed by atoms with van der Waals surface area (Å²) in [5.74, 6) is 0.818. The van der Waals surface area contributed by atoms with Crippen LogP contribution >= 0.6 is 11.8 Å². The molecule has 27 heavy (non-hydrogen) atoms. The molecule has 2 aliphatic heterocycles. The first-order valence-electron chi connectivity index (χ1n) is 9.42. The third kappa shape index (κ3) is 3.84. The van der Waals surface area contributed by atoms with Gasteiger partial charge < -0.3 is 15.2 Å². The lowest BCUT2D eigenvalue weighted by molar-refractivity contribution is -0.0933. The summed E-state index contributed by atoms with van der Waals surface area (Å²) in [7, 11) is 0. The quantitative estimate of drug-likeness (QED) is 0.837. The first-order valence-corrected chi connectivity index (χ1v) is 10.4. The van der Waals surface area contributed by atoms with E-state index in [4.69, 9.17) is 20.2 Å². The second-order valence-electron chi connectivity index (χ2n) is 7.21. The number of hydrogen-bond acceptors (Lipinski definition) is 5. The van der Waals surface area contributed by atoms with Crippen LogP contribution in [-0.4, -0.2) is 41.9 Å². The highest BCUT2D eigenvalue weighted by Crippen LogP contribution is 2.47. The normalized spacial score (nSPS) is 33.1. The molecule has 4 atom stereocenters. The lowest BCUT2D eigenvalue weighted by Crippen LogP contribution is -2.56. The van der Waals surface area contributed by atoms with Crippen molar-refractivity contribution >= 4 is 16.9 Å². The number of fused-ring (bicyclic) bond motifs is 1. The molecule has 0 spiro atoms. The molecule has 1 aromatic rings. The molecule has 0 saturated carbocycles. The maximum atomic E-state index is 14.8. The highest BCUT2D eigenvalue weighted by Gasteiger charge is 2.52. The lowest BCUT2D eigenvalue weighted by Gasteiger charge is -2.49. The lowest BCUT2D eigenvalue weighted by atomic mass is 9.69. The molecule has 4 rings (SSSR count). The summed E-state index contributed by atoms with van der Waals surface area (Å²) in [6.45, 7) is 1.54. The Bertz CT molecular complexity index is 752. The summed E-state index contributed by atoms with van der Waals surface area (Å²) in [6.07, 6.45) is 5.62. The molecule has 1 saturated heterocycles. The zero-order chi connectivity index (χ0) is 18.7.